The van der Waals surface area contributed by atoms with E-state index in [1.807, 2.05) is 41.3 Å². The minimum Gasteiger partial charge on any atom is -0.298 e. The van der Waals surface area contributed by atoms with Crippen LogP contribution in [0.3, 0.4) is 0 Å². The molecule has 0 unspecified atom stereocenters. The van der Waals surface area contributed by atoms with Gasteiger partial charge in [0.05, 0.1) is 14.9 Å². The average Bonchev–Trinajstić information content (AvgIpc) is 3.53. The van der Waals surface area contributed by atoms with Gasteiger partial charge in [-0.2, -0.15) is 0 Å². The van der Waals surface area contributed by atoms with Crippen molar-refractivity contribution in [3.8, 4) is 0 Å². The molecule has 0 aliphatic carbocycles. The lowest BCUT2D eigenvalue weighted by Gasteiger charge is -2.11. The molecule has 144 valence electrons. The molecule has 5 aromatic heterocycles. The Hall–Kier alpha value is -3.54. The monoisotopic (exact) mass is 431 g/mol. The van der Waals surface area contributed by atoms with E-state index in [1.54, 1.807) is 0 Å². The number of hydrogen-bond donors (Lipinski definition) is 0. The van der Waals surface area contributed by atoms with E-state index < -0.39 is 0 Å². The minimum absolute atomic E-state index is 0.986. The normalized spacial score (nSPS) is 12.5. The molecule has 8 aromatic rings. The maximum absolute atomic E-state index is 4.74. The number of benzene rings is 3. The van der Waals surface area contributed by atoms with Crippen LogP contribution in [0.5, 0.6) is 0 Å². The van der Waals surface area contributed by atoms with Gasteiger partial charge in [-0.15, -0.1) is 22.7 Å². The fourth-order valence-corrected chi connectivity index (χ4v) is 7.67. The van der Waals surface area contributed by atoms with Gasteiger partial charge in [0.2, 0.25) is 0 Å². The fraction of sp³-hybridized carbons (Fsp3) is 0. The van der Waals surface area contributed by atoms with Crippen molar-refractivity contribution in [1.29, 1.82) is 0 Å². The van der Waals surface area contributed by atoms with Gasteiger partial charge in [0.25, 0.3) is 0 Å². The van der Waals surface area contributed by atoms with Crippen molar-refractivity contribution in [2.45, 2.75) is 0 Å². The van der Waals surface area contributed by atoms with E-state index in [1.165, 1.54) is 56.6 Å². The van der Waals surface area contributed by atoms with Crippen LogP contribution in [-0.2, 0) is 0 Å². The molecule has 5 heteroatoms. The summed E-state index contributed by atoms with van der Waals surface area (Å²) in [5, 5.41) is 8.87. The van der Waals surface area contributed by atoms with Crippen molar-refractivity contribution in [1.82, 2.24) is 14.4 Å². The third-order valence-electron chi connectivity index (χ3n) is 6.33. The van der Waals surface area contributed by atoms with Crippen molar-refractivity contribution in [3.05, 3.63) is 79.4 Å². The molecule has 0 aliphatic rings. The predicted octanol–water partition coefficient (Wildman–Crippen LogP) is 7.77. The smallest absolute Gasteiger partial charge is 0.145 e. The highest BCUT2D eigenvalue weighted by Crippen LogP contribution is 2.50. The second-order valence-corrected chi connectivity index (χ2v) is 9.97. The van der Waals surface area contributed by atoms with E-state index in [0.717, 1.165) is 11.0 Å². The van der Waals surface area contributed by atoms with Crippen LogP contribution < -0.4 is 0 Å². The summed E-state index contributed by atoms with van der Waals surface area (Å²) in [5.41, 5.74) is 2.22. The summed E-state index contributed by atoms with van der Waals surface area (Å²) in [6, 6.07) is 19.6. The maximum Gasteiger partial charge on any atom is 0.145 e. The Balaban J connectivity index is 1.89. The lowest BCUT2D eigenvalue weighted by molar-refractivity contribution is 1.28. The number of aromatic nitrogens is 3. The lowest BCUT2D eigenvalue weighted by Crippen LogP contribution is -1.92. The molecule has 0 amide bonds. The quantitative estimate of drug-likeness (QED) is 0.230. The van der Waals surface area contributed by atoms with Gasteiger partial charge in [0, 0.05) is 71.9 Å². The molecule has 3 nitrogen and oxygen atoms in total. The van der Waals surface area contributed by atoms with Gasteiger partial charge >= 0.3 is 0 Å². The molecule has 5 heterocycles. The van der Waals surface area contributed by atoms with E-state index in [-0.39, 0.29) is 0 Å². The topological polar surface area (TPSA) is 30.2 Å². The number of pyridine rings is 2. The second kappa shape index (κ2) is 5.58. The van der Waals surface area contributed by atoms with Crippen LogP contribution in [-0.4, -0.2) is 14.4 Å². The Kier molecular flexibility index (Phi) is 2.91. The van der Waals surface area contributed by atoms with Crippen molar-refractivity contribution in [2.24, 2.45) is 0 Å². The molecule has 0 spiro atoms. The third-order valence-corrected chi connectivity index (χ3v) is 8.84. The molecule has 0 bridgehead atoms. The maximum atomic E-state index is 4.74. The highest BCUT2D eigenvalue weighted by Gasteiger charge is 2.22. The summed E-state index contributed by atoms with van der Waals surface area (Å²) in [4.78, 5) is 9.26. The van der Waals surface area contributed by atoms with E-state index in [2.05, 4.69) is 70.2 Å². The van der Waals surface area contributed by atoms with Gasteiger partial charge in [-0.1, -0.05) is 36.4 Å². The van der Waals surface area contributed by atoms with Crippen LogP contribution in [0, 0.1) is 0 Å². The van der Waals surface area contributed by atoms with Crippen LogP contribution >= 0.6 is 22.7 Å². The van der Waals surface area contributed by atoms with E-state index >= 15 is 0 Å². The summed E-state index contributed by atoms with van der Waals surface area (Å²) in [5.74, 6) is 0. The molecular weight excluding hydrogens is 418 g/mol. The molecule has 0 atom stereocenters. The predicted molar refractivity (Wildman–Crippen MR) is 134 cm³/mol. The molecule has 0 radical (unpaired) electrons. The van der Waals surface area contributed by atoms with Crippen molar-refractivity contribution in [2.75, 3.05) is 0 Å². The number of rotatable bonds is 0. The van der Waals surface area contributed by atoms with Gasteiger partial charge < -0.3 is 0 Å². The highest BCUT2D eigenvalue weighted by atomic mass is 32.1. The largest absolute Gasteiger partial charge is 0.298 e. The van der Waals surface area contributed by atoms with Crippen LogP contribution in [0.2, 0.25) is 0 Å². The first-order valence-corrected chi connectivity index (χ1v) is 11.8. The molecule has 8 rings (SSSR count). The number of fused-ring (bicyclic) bond motifs is 15. The Bertz CT molecular complexity index is 2010. The molecule has 31 heavy (non-hydrogen) atoms. The molecule has 0 saturated carbocycles. The Morgan fingerprint density at radius 1 is 0.645 bits per heavy atom. The second-order valence-electron chi connectivity index (χ2n) is 7.87. The number of hydrogen-bond acceptors (Lipinski definition) is 4. The first kappa shape index (κ1) is 16.2. The van der Waals surface area contributed by atoms with Crippen LogP contribution in [0.15, 0.2) is 79.4 Å². The molecule has 3 aromatic carbocycles. The standard InChI is InChI=1S/C26H13N3S2/c1-3-7-18-15(5-1)21-20-17-13-27-10-9-14(17)26-28-11-12-29(26)23(20)22-16-6-2-4-8-19(16)31-25(22)24(21)30-18/h1-13H. The molecule has 0 fully saturated rings. The first-order valence-electron chi connectivity index (χ1n) is 10.2. The summed E-state index contributed by atoms with van der Waals surface area (Å²) in [6.45, 7) is 0. The summed E-state index contributed by atoms with van der Waals surface area (Å²) >= 11 is 3.80. The van der Waals surface area contributed by atoms with E-state index in [9.17, 15) is 0 Å². The van der Waals surface area contributed by atoms with E-state index in [4.69, 9.17) is 4.98 Å². The van der Waals surface area contributed by atoms with Crippen molar-refractivity contribution >= 4 is 90.3 Å². The van der Waals surface area contributed by atoms with Gasteiger partial charge in [0.15, 0.2) is 0 Å². The minimum atomic E-state index is 0.986. The van der Waals surface area contributed by atoms with E-state index in [0.29, 0.717) is 0 Å². The Morgan fingerprint density at radius 2 is 1.35 bits per heavy atom. The van der Waals surface area contributed by atoms with Crippen LogP contribution in [0.4, 0.5) is 0 Å². The van der Waals surface area contributed by atoms with Gasteiger partial charge in [-0.3, -0.25) is 9.38 Å². The van der Waals surface area contributed by atoms with Crippen molar-refractivity contribution in [3.63, 3.8) is 0 Å². The van der Waals surface area contributed by atoms with Crippen LogP contribution in [0.1, 0.15) is 0 Å². The Labute approximate surface area is 183 Å². The molecule has 0 N–H and O–H groups in total. The average molecular weight is 432 g/mol. The first-order chi connectivity index (χ1) is 15.4. The highest BCUT2D eigenvalue weighted by molar-refractivity contribution is 7.33. The number of nitrogens with zero attached hydrogens (tertiary/aromatic N) is 3. The fourth-order valence-electron chi connectivity index (χ4n) is 5.11. The molecule has 0 saturated heterocycles. The summed E-state index contributed by atoms with van der Waals surface area (Å²) in [7, 11) is 0. The zero-order valence-electron chi connectivity index (χ0n) is 16.2. The summed E-state index contributed by atoms with van der Waals surface area (Å²) < 4.78 is 7.66. The number of imidazole rings is 1. The van der Waals surface area contributed by atoms with Gasteiger partial charge in [0.1, 0.15) is 5.65 Å². The van der Waals surface area contributed by atoms with Gasteiger partial charge in [-0.25, -0.2) is 4.98 Å². The SMILES string of the molecule is c1ccc2c(c1)sc1c3sc4ccccc4c3c3c(c4cnccc4c4nccn43)c21. The summed E-state index contributed by atoms with van der Waals surface area (Å²) in [6.07, 6.45) is 7.89. The zero-order valence-corrected chi connectivity index (χ0v) is 17.8. The zero-order chi connectivity index (χ0) is 20.1. The lowest BCUT2D eigenvalue weighted by atomic mass is 9.98. The van der Waals surface area contributed by atoms with Crippen LogP contribution in [0.25, 0.3) is 67.7 Å². The van der Waals surface area contributed by atoms with Gasteiger partial charge in [-0.05, 0) is 18.2 Å². The van der Waals surface area contributed by atoms with Crippen molar-refractivity contribution < 1.29 is 0 Å². The molecular formula is C26H13N3S2. The Morgan fingerprint density at radius 3 is 2.16 bits per heavy atom. The molecule has 0 aliphatic heterocycles. The third kappa shape index (κ3) is 1.89. The number of thiophene rings is 2.